The minimum atomic E-state index is 0.559. The maximum absolute atomic E-state index is 5.23. The van der Waals surface area contributed by atoms with E-state index in [2.05, 4.69) is 33.7 Å². The number of aromatic amines is 1. The fourth-order valence-electron chi connectivity index (χ4n) is 2.29. The average Bonchev–Trinajstić information content (AvgIpc) is 2.63. The van der Waals surface area contributed by atoms with Gasteiger partial charge in [0.1, 0.15) is 5.82 Å². The number of anilines is 1. The molecule has 0 saturated carbocycles. The minimum absolute atomic E-state index is 0.559. The Bertz CT molecular complexity index is 627. The maximum atomic E-state index is 5.23. The van der Waals surface area contributed by atoms with Crippen LogP contribution in [0, 0.1) is 11.7 Å². The topological polar surface area (TPSA) is 40.7 Å². The first kappa shape index (κ1) is 11.9. The molecule has 5 heteroatoms. The lowest BCUT2D eigenvalue weighted by Gasteiger charge is -2.10. The van der Waals surface area contributed by atoms with Crippen LogP contribution < -0.4 is 5.32 Å². The van der Waals surface area contributed by atoms with E-state index in [1.54, 1.807) is 11.3 Å². The molecule has 0 amide bonds. The number of nitrogens with zero attached hydrogens (tertiary/aromatic N) is 1. The molecule has 0 radical (unpaired) electrons. The third kappa shape index (κ3) is 2.20. The molecule has 0 aliphatic carbocycles. The number of hydrogen-bond acceptors (Lipinski definition) is 4. The van der Waals surface area contributed by atoms with Crippen LogP contribution in [0.15, 0.2) is 11.4 Å². The van der Waals surface area contributed by atoms with Crippen molar-refractivity contribution in [2.24, 2.45) is 0 Å². The number of rotatable bonds is 1. The van der Waals surface area contributed by atoms with Crippen molar-refractivity contribution in [3.63, 3.8) is 0 Å². The Morgan fingerprint density at radius 1 is 1.39 bits per heavy atom. The van der Waals surface area contributed by atoms with Crippen molar-refractivity contribution in [1.82, 2.24) is 9.97 Å². The van der Waals surface area contributed by atoms with Crippen LogP contribution in [0.2, 0.25) is 0 Å². The van der Waals surface area contributed by atoms with Gasteiger partial charge in [0.2, 0.25) is 0 Å². The molecule has 0 aromatic carbocycles. The SMILES string of the molecule is Cc1csc(-c2[nH]c(=S)nc3c2CCCCN3)c1. The van der Waals surface area contributed by atoms with Gasteiger partial charge in [-0.05, 0) is 55.4 Å². The quantitative estimate of drug-likeness (QED) is 0.776. The van der Waals surface area contributed by atoms with Crippen LogP contribution in [-0.2, 0) is 6.42 Å². The summed E-state index contributed by atoms with van der Waals surface area (Å²) in [4.78, 5) is 8.94. The molecule has 0 spiro atoms. The number of H-pyrrole nitrogens is 1. The Hall–Kier alpha value is -1.20. The second-order valence-corrected chi connectivity index (χ2v) is 5.91. The van der Waals surface area contributed by atoms with Gasteiger partial charge >= 0.3 is 0 Å². The van der Waals surface area contributed by atoms with E-state index in [1.165, 1.54) is 28.8 Å². The minimum Gasteiger partial charge on any atom is -0.370 e. The largest absolute Gasteiger partial charge is 0.370 e. The molecule has 0 unspecified atom stereocenters. The van der Waals surface area contributed by atoms with E-state index >= 15 is 0 Å². The molecule has 2 aromatic heterocycles. The molecule has 18 heavy (non-hydrogen) atoms. The Morgan fingerprint density at radius 3 is 3.06 bits per heavy atom. The zero-order valence-electron chi connectivity index (χ0n) is 10.2. The molecule has 1 aliphatic rings. The highest BCUT2D eigenvalue weighted by Gasteiger charge is 2.16. The second kappa shape index (κ2) is 4.82. The van der Waals surface area contributed by atoms with Crippen molar-refractivity contribution in [2.45, 2.75) is 26.2 Å². The molecule has 94 valence electrons. The summed E-state index contributed by atoms with van der Waals surface area (Å²) in [6.07, 6.45) is 3.45. The first-order valence-electron chi connectivity index (χ1n) is 6.16. The van der Waals surface area contributed by atoms with Crippen LogP contribution in [0.4, 0.5) is 5.82 Å². The third-order valence-electron chi connectivity index (χ3n) is 3.16. The summed E-state index contributed by atoms with van der Waals surface area (Å²) in [5.74, 6) is 0.970. The predicted molar refractivity (Wildman–Crippen MR) is 78.9 cm³/mol. The Labute approximate surface area is 115 Å². The van der Waals surface area contributed by atoms with Crippen molar-refractivity contribution in [2.75, 3.05) is 11.9 Å². The smallest absolute Gasteiger partial charge is 0.199 e. The fraction of sp³-hybridized carbons (Fsp3) is 0.385. The van der Waals surface area contributed by atoms with E-state index in [0.29, 0.717) is 4.77 Å². The number of aryl methyl sites for hydroxylation is 1. The van der Waals surface area contributed by atoms with Crippen LogP contribution in [0.1, 0.15) is 24.0 Å². The van der Waals surface area contributed by atoms with Crippen LogP contribution in [0.5, 0.6) is 0 Å². The lowest BCUT2D eigenvalue weighted by Crippen LogP contribution is -2.04. The summed E-state index contributed by atoms with van der Waals surface area (Å²) in [5.41, 5.74) is 3.72. The number of thiophene rings is 1. The van der Waals surface area contributed by atoms with Gasteiger partial charge in [0.05, 0.1) is 10.6 Å². The molecule has 1 aliphatic heterocycles. The van der Waals surface area contributed by atoms with Crippen molar-refractivity contribution in [1.29, 1.82) is 0 Å². The van der Waals surface area contributed by atoms with E-state index in [0.717, 1.165) is 24.5 Å². The summed E-state index contributed by atoms with van der Waals surface area (Å²) in [6, 6.07) is 2.20. The van der Waals surface area contributed by atoms with Gasteiger partial charge in [-0.15, -0.1) is 11.3 Å². The van der Waals surface area contributed by atoms with E-state index < -0.39 is 0 Å². The van der Waals surface area contributed by atoms with Gasteiger partial charge in [0.15, 0.2) is 4.77 Å². The number of fused-ring (bicyclic) bond motifs is 1. The molecule has 0 saturated heterocycles. The molecule has 3 rings (SSSR count). The van der Waals surface area contributed by atoms with E-state index in [-0.39, 0.29) is 0 Å². The highest BCUT2D eigenvalue weighted by atomic mass is 32.1. The highest BCUT2D eigenvalue weighted by molar-refractivity contribution is 7.71. The van der Waals surface area contributed by atoms with Gasteiger partial charge in [0, 0.05) is 12.1 Å². The van der Waals surface area contributed by atoms with E-state index in [4.69, 9.17) is 12.2 Å². The molecule has 2 N–H and O–H groups in total. The molecule has 2 aromatic rings. The molecule has 0 bridgehead atoms. The summed E-state index contributed by atoms with van der Waals surface area (Å²) >= 11 is 6.99. The first-order chi connectivity index (χ1) is 8.74. The van der Waals surface area contributed by atoms with Crippen LogP contribution in [-0.4, -0.2) is 16.5 Å². The summed E-state index contributed by atoms with van der Waals surface area (Å²) in [5, 5.41) is 5.56. The molecular formula is C13H15N3S2. The monoisotopic (exact) mass is 277 g/mol. The Kier molecular flexibility index (Phi) is 3.18. The molecular weight excluding hydrogens is 262 g/mol. The summed E-state index contributed by atoms with van der Waals surface area (Å²) in [6.45, 7) is 3.11. The van der Waals surface area contributed by atoms with Crippen LogP contribution >= 0.6 is 23.6 Å². The molecule has 0 atom stereocenters. The van der Waals surface area contributed by atoms with Crippen molar-refractivity contribution in [3.05, 3.63) is 27.3 Å². The van der Waals surface area contributed by atoms with Gasteiger partial charge in [-0.25, -0.2) is 4.98 Å². The molecule has 3 heterocycles. The average molecular weight is 277 g/mol. The first-order valence-corrected chi connectivity index (χ1v) is 7.45. The zero-order valence-corrected chi connectivity index (χ0v) is 11.9. The zero-order chi connectivity index (χ0) is 12.5. The van der Waals surface area contributed by atoms with Gasteiger partial charge in [-0.2, -0.15) is 0 Å². The molecule has 3 nitrogen and oxygen atoms in total. The maximum Gasteiger partial charge on any atom is 0.199 e. The van der Waals surface area contributed by atoms with Gasteiger partial charge in [0.25, 0.3) is 0 Å². The predicted octanol–water partition coefficient (Wildman–Crippen LogP) is 3.92. The lowest BCUT2D eigenvalue weighted by molar-refractivity contribution is 0.785. The lowest BCUT2D eigenvalue weighted by atomic mass is 10.1. The van der Waals surface area contributed by atoms with Gasteiger partial charge in [-0.1, -0.05) is 0 Å². The van der Waals surface area contributed by atoms with Crippen LogP contribution in [0.25, 0.3) is 10.6 Å². The third-order valence-corrected chi connectivity index (χ3v) is 4.41. The van der Waals surface area contributed by atoms with Gasteiger partial charge in [-0.3, -0.25) is 0 Å². The number of hydrogen-bond donors (Lipinski definition) is 2. The normalized spacial score (nSPS) is 14.7. The second-order valence-electron chi connectivity index (χ2n) is 4.62. The van der Waals surface area contributed by atoms with Gasteiger partial charge < -0.3 is 10.3 Å². The molecule has 0 fully saturated rings. The van der Waals surface area contributed by atoms with Crippen LogP contribution in [0.3, 0.4) is 0 Å². The number of nitrogens with one attached hydrogen (secondary N) is 2. The number of aromatic nitrogens is 2. The van der Waals surface area contributed by atoms with Crippen molar-refractivity contribution >= 4 is 29.4 Å². The Morgan fingerprint density at radius 2 is 2.28 bits per heavy atom. The fourth-order valence-corrected chi connectivity index (χ4v) is 3.41. The highest BCUT2D eigenvalue weighted by Crippen LogP contribution is 2.32. The standard InChI is InChI=1S/C13H15N3S2/c1-8-6-10(18-7-8)11-9-4-2-3-5-14-12(9)16-13(17)15-11/h6-7H,2-5H2,1H3,(H2,14,15,16,17). The van der Waals surface area contributed by atoms with E-state index in [9.17, 15) is 0 Å². The summed E-state index contributed by atoms with van der Waals surface area (Å²) < 4.78 is 0.559. The van der Waals surface area contributed by atoms with E-state index in [1.807, 2.05) is 0 Å². The van der Waals surface area contributed by atoms with Crippen molar-refractivity contribution in [3.8, 4) is 10.6 Å². The summed E-state index contributed by atoms with van der Waals surface area (Å²) in [7, 11) is 0. The Balaban J connectivity index is 2.19. The van der Waals surface area contributed by atoms with Crippen molar-refractivity contribution < 1.29 is 0 Å².